The summed E-state index contributed by atoms with van der Waals surface area (Å²) in [6.07, 6.45) is -0.749. The number of hydrogen-bond donors (Lipinski definition) is 0. The molecule has 1 heterocycles. The van der Waals surface area contributed by atoms with E-state index in [0.29, 0.717) is 5.56 Å². The van der Waals surface area contributed by atoms with Crippen LogP contribution in [0.25, 0.3) is 0 Å². The van der Waals surface area contributed by atoms with Crippen molar-refractivity contribution in [3.8, 4) is 0 Å². The number of amides is 2. The van der Waals surface area contributed by atoms with E-state index in [4.69, 9.17) is 0 Å². The van der Waals surface area contributed by atoms with Gasteiger partial charge in [0.05, 0.1) is 4.90 Å². The Morgan fingerprint density at radius 1 is 1.04 bits per heavy atom. The third kappa shape index (κ3) is 3.30. The van der Waals surface area contributed by atoms with E-state index in [1.165, 1.54) is 26.2 Å². The van der Waals surface area contributed by atoms with E-state index in [0.717, 1.165) is 12.1 Å². The lowest BCUT2D eigenvalue weighted by Crippen LogP contribution is -2.42. The molecule has 1 unspecified atom stereocenters. The minimum Gasteiger partial charge on any atom is -0.331 e. The van der Waals surface area contributed by atoms with Crippen LogP contribution in [-0.4, -0.2) is 55.7 Å². The normalized spacial score (nSPS) is 18.1. The molecule has 1 atom stereocenters. The summed E-state index contributed by atoms with van der Waals surface area (Å²) in [4.78, 5) is 15.5. The Kier molecular flexibility index (Phi) is 4.97. The molecular weight excluding hydrogens is 357 g/mol. The lowest BCUT2D eigenvalue weighted by Gasteiger charge is -2.31. The van der Waals surface area contributed by atoms with Crippen molar-refractivity contribution in [3.05, 3.63) is 66.0 Å². The van der Waals surface area contributed by atoms with Crippen molar-refractivity contribution in [1.82, 2.24) is 14.1 Å². The summed E-state index contributed by atoms with van der Waals surface area (Å²) in [5.74, 6) is -0.505. The third-order valence-electron chi connectivity index (χ3n) is 4.28. The van der Waals surface area contributed by atoms with Crippen LogP contribution in [0.1, 0.15) is 11.7 Å². The molecule has 2 aromatic rings. The Labute approximate surface area is 152 Å². The molecule has 0 radical (unpaired) electrons. The van der Waals surface area contributed by atoms with Gasteiger partial charge in [-0.3, -0.25) is 0 Å². The number of nitrogens with zero attached hydrogens (tertiary/aromatic N) is 3. The van der Waals surface area contributed by atoms with E-state index < -0.39 is 22.0 Å². The van der Waals surface area contributed by atoms with Crippen LogP contribution in [-0.2, 0) is 10.0 Å². The topological polar surface area (TPSA) is 60.9 Å². The summed E-state index contributed by atoms with van der Waals surface area (Å²) in [6, 6.07) is 13.4. The molecule has 1 aliphatic rings. The van der Waals surface area contributed by atoms with Crippen molar-refractivity contribution in [1.29, 1.82) is 0 Å². The Hall–Kier alpha value is -2.45. The molecule has 6 nitrogen and oxygen atoms in total. The molecule has 138 valence electrons. The van der Waals surface area contributed by atoms with Gasteiger partial charge in [-0.25, -0.2) is 17.6 Å². The van der Waals surface area contributed by atoms with E-state index in [1.807, 2.05) is 6.07 Å². The smallest absolute Gasteiger partial charge is 0.321 e. The lowest BCUT2D eigenvalue weighted by molar-refractivity contribution is 0.151. The van der Waals surface area contributed by atoms with Gasteiger partial charge in [0.1, 0.15) is 12.0 Å². The molecule has 0 N–H and O–H groups in total. The summed E-state index contributed by atoms with van der Waals surface area (Å²) in [6.45, 7) is 0.440. The van der Waals surface area contributed by atoms with Gasteiger partial charge in [-0.05, 0) is 29.8 Å². The minimum atomic E-state index is -3.89. The summed E-state index contributed by atoms with van der Waals surface area (Å²) < 4.78 is 40.7. The van der Waals surface area contributed by atoms with Gasteiger partial charge in [0.15, 0.2) is 0 Å². The predicted molar refractivity (Wildman–Crippen MR) is 95.3 cm³/mol. The van der Waals surface area contributed by atoms with Crippen molar-refractivity contribution in [2.24, 2.45) is 0 Å². The van der Waals surface area contributed by atoms with E-state index in [1.54, 1.807) is 38.4 Å². The molecule has 26 heavy (non-hydrogen) atoms. The maximum Gasteiger partial charge on any atom is 0.321 e. The summed E-state index contributed by atoms with van der Waals surface area (Å²) in [5.41, 5.74) is 0.700. The van der Waals surface area contributed by atoms with Crippen LogP contribution in [0.4, 0.5) is 9.18 Å². The van der Waals surface area contributed by atoms with Crippen LogP contribution in [0.5, 0.6) is 0 Å². The number of urea groups is 1. The largest absolute Gasteiger partial charge is 0.331 e. The number of halogens is 1. The standard InChI is InChI=1S/C18H20FN3O3S/c1-20(2)18(23)21-12-13-22(17(21)14-6-4-3-5-7-14)26(24,25)16-10-8-15(19)9-11-16/h3-11,17H,12-13H2,1-2H3. The van der Waals surface area contributed by atoms with Gasteiger partial charge in [0, 0.05) is 27.2 Å². The average molecular weight is 377 g/mol. The number of hydrogen-bond acceptors (Lipinski definition) is 3. The highest BCUT2D eigenvalue weighted by molar-refractivity contribution is 7.89. The molecule has 2 aromatic carbocycles. The quantitative estimate of drug-likeness (QED) is 0.826. The summed E-state index contributed by atoms with van der Waals surface area (Å²) in [7, 11) is -0.638. The van der Waals surface area contributed by atoms with Gasteiger partial charge < -0.3 is 9.80 Å². The van der Waals surface area contributed by atoms with Crippen molar-refractivity contribution < 1.29 is 17.6 Å². The number of sulfonamides is 1. The first kappa shape index (κ1) is 18.3. The number of benzene rings is 2. The van der Waals surface area contributed by atoms with Gasteiger partial charge in [0.25, 0.3) is 0 Å². The first-order chi connectivity index (χ1) is 12.3. The summed E-state index contributed by atoms with van der Waals surface area (Å²) >= 11 is 0. The van der Waals surface area contributed by atoms with Gasteiger partial charge >= 0.3 is 6.03 Å². The van der Waals surface area contributed by atoms with Crippen LogP contribution in [0.2, 0.25) is 0 Å². The molecule has 1 aliphatic heterocycles. The Balaban J connectivity index is 2.05. The molecule has 0 saturated carbocycles. The van der Waals surface area contributed by atoms with E-state index in [2.05, 4.69) is 0 Å². The van der Waals surface area contributed by atoms with Crippen molar-refractivity contribution >= 4 is 16.1 Å². The fourth-order valence-corrected chi connectivity index (χ4v) is 4.60. The predicted octanol–water partition coefficient (Wildman–Crippen LogP) is 2.51. The van der Waals surface area contributed by atoms with Gasteiger partial charge in [-0.2, -0.15) is 4.31 Å². The van der Waals surface area contributed by atoms with E-state index in [9.17, 15) is 17.6 Å². The van der Waals surface area contributed by atoms with E-state index >= 15 is 0 Å². The zero-order valence-corrected chi connectivity index (χ0v) is 15.4. The van der Waals surface area contributed by atoms with Crippen molar-refractivity contribution in [2.75, 3.05) is 27.2 Å². The fraction of sp³-hybridized carbons (Fsp3) is 0.278. The lowest BCUT2D eigenvalue weighted by atomic mass is 10.1. The molecule has 8 heteroatoms. The molecular formula is C18H20FN3O3S. The second kappa shape index (κ2) is 7.05. The molecule has 0 aliphatic carbocycles. The number of carbonyl (C=O) groups excluding carboxylic acids is 1. The SMILES string of the molecule is CN(C)C(=O)N1CCN(S(=O)(=O)c2ccc(F)cc2)C1c1ccccc1. The highest BCUT2D eigenvalue weighted by Crippen LogP contribution is 2.35. The number of rotatable bonds is 3. The highest BCUT2D eigenvalue weighted by atomic mass is 32.2. The molecule has 0 bridgehead atoms. The molecule has 3 rings (SSSR count). The van der Waals surface area contributed by atoms with Crippen molar-refractivity contribution in [3.63, 3.8) is 0 Å². The second-order valence-electron chi connectivity index (χ2n) is 6.22. The van der Waals surface area contributed by atoms with Gasteiger partial charge in [-0.1, -0.05) is 30.3 Å². The first-order valence-electron chi connectivity index (χ1n) is 8.12. The summed E-state index contributed by atoms with van der Waals surface area (Å²) in [5, 5.41) is 0. The average Bonchev–Trinajstić information content (AvgIpc) is 3.08. The zero-order valence-electron chi connectivity index (χ0n) is 14.5. The molecule has 2 amide bonds. The maximum absolute atomic E-state index is 13.2. The Morgan fingerprint density at radius 3 is 2.23 bits per heavy atom. The Morgan fingerprint density at radius 2 is 1.65 bits per heavy atom. The molecule has 0 aromatic heterocycles. The number of carbonyl (C=O) groups is 1. The minimum absolute atomic E-state index is 0.000942. The van der Waals surface area contributed by atoms with Gasteiger partial charge in [0.2, 0.25) is 10.0 Å². The van der Waals surface area contributed by atoms with E-state index in [-0.39, 0.29) is 24.0 Å². The maximum atomic E-state index is 13.2. The highest BCUT2D eigenvalue weighted by Gasteiger charge is 2.43. The van der Waals surface area contributed by atoms with Crippen LogP contribution >= 0.6 is 0 Å². The fourth-order valence-electron chi connectivity index (χ4n) is 3.03. The first-order valence-corrected chi connectivity index (χ1v) is 9.56. The third-order valence-corrected chi connectivity index (χ3v) is 6.14. The molecule has 0 spiro atoms. The van der Waals surface area contributed by atoms with Crippen LogP contribution in [0, 0.1) is 5.82 Å². The van der Waals surface area contributed by atoms with Gasteiger partial charge in [-0.15, -0.1) is 0 Å². The van der Waals surface area contributed by atoms with Crippen LogP contribution in [0.15, 0.2) is 59.5 Å². The van der Waals surface area contributed by atoms with Crippen LogP contribution < -0.4 is 0 Å². The van der Waals surface area contributed by atoms with Crippen molar-refractivity contribution in [2.45, 2.75) is 11.1 Å². The zero-order chi connectivity index (χ0) is 18.9. The van der Waals surface area contributed by atoms with Crippen LogP contribution in [0.3, 0.4) is 0 Å². The monoisotopic (exact) mass is 377 g/mol. The molecule has 1 fully saturated rings. The Bertz CT molecular complexity index is 886. The second-order valence-corrected chi connectivity index (χ2v) is 8.11. The molecule has 1 saturated heterocycles.